The van der Waals surface area contributed by atoms with Crippen LogP contribution in [-0.2, 0) is 4.79 Å². The van der Waals surface area contributed by atoms with Crippen molar-refractivity contribution in [1.29, 1.82) is 0 Å². The van der Waals surface area contributed by atoms with Crippen molar-refractivity contribution >= 4 is 41.8 Å². The predicted octanol–water partition coefficient (Wildman–Crippen LogP) is 3.40. The molecule has 0 radical (unpaired) electrons. The summed E-state index contributed by atoms with van der Waals surface area (Å²) in [6, 6.07) is 7.05. The maximum Gasteiger partial charge on any atom is 0.308 e. The number of hydrogen-bond donors (Lipinski definition) is 0. The van der Waals surface area contributed by atoms with E-state index in [1.54, 1.807) is 19.2 Å². The van der Waals surface area contributed by atoms with E-state index in [0.29, 0.717) is 12.3 Å². The molecule has 1 atom stereocenters. The van der Waals surface area contributed by atoms with Crippen LogP contribution in [0.5, 0.6) is 5.75 Å². The molecule has 6 heteroatoms. The number of carbonyl (C=O) groups excluding carboxylic acids is 1. The lowest BCUT2D eigenvalue weighted by molar-refractivity contribution is -0.131. The van der Waals surface area contributed by atoms with Gasteiger partial charge in [0.25, 0.3) is 0 Å². The summed E-state index contributed by atoms with van der Waals surface area (Å²) in [7, 11) is 1.74. The second-order valence-electron chi connectivity index (χ2n) is 3.42. The molecule has 0 bridgehead atoms. The number of alkyl halides is 1. The zero-order chi connectivity index (χ0) is 12.1. The lowest BCUT2D eigenvalue weighted by Gasteiger charge is -2.13. The number of benzene rings is 1. The van der Waals surface area contributed by atoms with Gasteiger partial charge < -0.3 is 4.74 Å². The largest absolute Gasteiger partial charge is 0.427 e. The van der Waals surface area contributed by atoms with Gasteiger partial charge in [-0.3, -0.25) is 4.79 Å². The van der Waals surface area contributed by atoms with Crippen LogP contribution in [0.3, 0.4) is 0 Å². The van der Waals surface area contributed by atoms with Gasteiger partial charge in [0, 0.05) is 20.5 Å². The van der Waals surface area contributed by atoms with E-state index in [2.05, 4.69) is 0 Å². The van der Waals surface area contributed by atoms with Crippen molar-refractivity contribution in [2.45, 2.75) is 12.3 Å². The molecule has 0 aliphatic carbocycles. The number of likely N-dealkylation sites (N-methyl/N-ethyl adjacent to an activating group) is 1. The smallest absolute Gasteiger partial charge is 0.308 e. The highest BCUT2D eigenvalue weighted by molar-refractivity contribution is 6.21. The first-order chi connectivity index (χ1) is 7.49. The van der Waals surface area contributed by atoms with Crippen molar-refractivity contribution in [3.05, 3.63) is 29.8 Å². The first-order valence-electron chi connectivity index (χ1n) is 4.78. The molecule has 1 unspecified atom stereocenters. The highest BCUT2D eigenvalue weighted by atomic mass is 35.5. The fourth-order valence-corrected chi connectivity index (χ4v) is 1.80. The average molecular weight is 299 g/mol. The molecule has 0 spiro atoms. The zero-order valence-electron chi connectivity index (χ0n) is 9.52. The van der Waals surface area contributed by atoms with Crippen LogP contribution in [0.1, 0.15) is 17.9 Å². The fourth-order valence-electron chi connectivity index (χ4n) is 1.24. The van der Waals surface area contributed by atoms with E-state index in [1.165, 1.54) is 11.3 Å². The van der Waals surface area contributed by atoms with Gasteiger partial charge in [0.05, 0.1) is 5.38 Å². The standard InChI is InChI=1S/C11H13Cl2NO2.ClH/c1-8(15)16-10-5-3-9(4-6-10)11(12)7-14(2)13;/h3-6,11H,7H2,1-2H3;1H. The highest BCUT2D eigenvalue weighted by Gasteiger charge is 2.10. The minimum atomic E-state index is -0.337. The lowest BCUT2D eigenvalue weighted by atomic mass is 10.1. The number of esters is 1. The molecule has 96 valence electrons. The number of ether oxygens (including phenoxy) is 1. The second kappa shape index (κ2) is 7.77. The van der Waals surface area contributed by atoms with Gasteiger partial charge in [-0.15, -0.1) is 24.0 Å². The highest BCUT2D eigenvalue weighted by Crippen LogP contribution is 2.24. The Morgan fingerprint density at radius 2 is 1.94 bits per heavy atom. The van der Waals surface area contributed by atoms with Crippen LogP contribution >= 0.6 is 35.8 Å². The molecule has 0 aliphatic heterocycles. The third-order valence-corrected chi connectivity index (χ3v) is 2.44. The number of rotatable bonds is 4. The van der Waals surface area contributed by atoms with E-state index in [9.17, 15) is 4.79 Å². The molecular weight excluding hydrogens is 284 g/mol. The lowest BCUT2D eigenvalue weighted by Crippen LogP contribution is -2.12. The predicted molar refractivity (Wildman–Crippen MR) is 72.1 cm³/mol. The molecule has 0 aromatic heterocycles. The number of carbonyl (C=O) groups is 1. The minimum absolute atomic E-state index is 0. The van der Waals surface area contributed by atoms with Gasteiger partial charge in [0.1, 0.15) is 5.75 Å². The maximum atomic E-state index is 10.7. The Bertz CT molecular complexity index is 354. The Kier molecular flexibility index (Phi) is 7.55. The number of halogens is 3. The summed E-state index contributed by atoms with van der Waals surface area (Å²) >= 11 is 11.8. The molecule has 0 fully saturated rings. The van der Waals surface area contributed by atoms with Crippen LogP contribution in [0.25, 0.3) is 0 Å². The Morgan fingerprint density at radius 1 is 1.41 bits per heavy atom. The van der Waals surface area contributed by atoms with Crippen molar-refractivity contribution in [1.82, 2.24) is 4.42 Å². The zero-order valence-corrected chi connectivity index (χ0v) is 11.9. The number of hydrogen-bond acceptors (Lipinski definition) is 3. The van der Waals surface area contributed by atoms with E-state index < -0.39 is 0 Å². The monoisotopic (exact) mass is 297 g/mol. The van der Waals surface area contributed by atoms with Gasteiger partial charge in [-0.25, -0.2) is 4.42 Å². The maximum absolute atomic E-state index is 10.7. The summed E-state index contributed by atoms with van der Waals surface area (Å²) < 4.78 is 6.41. The molecule has 0 saturated heterocycles. The molecule has 1 aromatic carbocycles. The van der Waals surface area contributed by atoms with Gasteiger partial charge in [-0.05, 0) is 29.5 Å². The van der Waals surface area contributed by atoms with Crippen molar-refractivity contribution in [2.75, 3.05) is 13.6 Å². The summed E-state index contributed by atoms with van der Waals surface area (Å²) in [6.45, 7) is 1.90. The van der Waals surface area contributed by atoms with Crippen LogP contribution in [0.4, 0.5) is 0 Å². The minimum Gasteiger partial charge on any atom is -0.427 e. The van der Waals surface area contributed by atoms with Gasteiger partial charge in [-0.1, -0.05) is 12.1 Å². The molecular formula is C11H14Cl3NO2. The van der Waals surface area contributed by atoms with E-state index in [4.69, 9.17) is 28.1 Å². The van der Waals surface area contributed by atoms with Gasteiger partial charge in [0.15, 0.2) is 0 Å². The summed E-state index contributed by atoms with van der Waals surface area (Å²) in [4.78, 5) is 10.7. The van der Waals surface area contributed by atoms with Gasteiger partial charge in [-0.2, -0.15) is 0 Å². The SMILES string of the molecule is CC(=O)Oc1ccc(C(Cl)CN(C)Cl)cc1.Cl. The summed E-state index contributed by atoms with van der Waals surface area (Å²) in [5.41, 5.74) is 0.935. The van der Waals surface area contributed by atoms with Crippen LogP contribution in [-0.4, -0.2) is 24.0 Å². The van der Waals surface area contributed by atoms with E-state index in [-0.39, 0.29) is 23.8 Å². The Balaban J connectivity index is 0.00000256. The van der Waals surface area contributed by atoms with E-state index >= 15 is 0 Å². The summed E-state index contributed by atoms with van der Waals surface area (Å²) in [6.07, 6.45) is 0. The van der Waals surface area contributed by atoms with Gasteiger partial charge >= 0.3 is 5.97 Å². The van der Waals surface area contributed by atoms with Crippen LogP contribution in [0.2, 0.25) is 0 Å². The third kappa shape index (κ3) is 6.13. The first-order valence-corrected chi connectivity index (χ1v) is 5.56. The average Bonchev–Trinajstić information content (AvgIpc) is 2.16. The first kappa shape index (κ1) is 16.5. The molecule has 1 rings (SSSR count). The summed E-state index contributed by atoms with van der Waals surface area (Å²) in [5.74, 6) is 0.176. The molecule has 17 heavy (non-hydrogen) atoms. The van der Waals surface area contributed by atoms with Crippen LogP contribution < -0.4 is 4.74 Å². The Hall–Kier alpha value is -0.480. The molecule has 1 aromatic rings. The van der Waals surface area contributed by atoms with Crippen molar-refractivity contribution < 1.29 is 9.53 Å². The topological polar surface area (TPSA) is 29.5 Å². The van der Waals surface area contributed by atoms with Gasteiger partial charge in [0.2, 0.25) is 0 Å². The normalized spacial score (nSPS) is 11.8. The quantitative estimate of drug-likeness (QED) is 0.369. The molecule has 0 saturated carbocycles. The molecule has 3 nitrogen and oxygen atoms in total. The van der Waals surface area contributed by atoms with Crippen LogP contribution in [0, 0.1) is 0 Å². The Labute approximate surface area is 117 Å². The molecule has 0 aliphatic rings. The summed E-state index contributed by atoms with van der Waals surface area (Å²) in [5, 5.41) is -0.186. The number of nitrogens with zero attached hydrogens (tertiary/aromatic N) is 1. The van der Waals surface area contributed by atoms with Crippen LogP contribution in [0.15, 0.2) is 24.3 Å². The van der Waals surface area contributed by atoms with Crippen molar-refractivity contribution in [2.24, 2.45) is 0 Å². The molecule has 0 heterocycles. The third-order valence-electron chi connectivity index (χ3n) is 1.92. The Morgan fingerprint density at radius 3 is 2.35 bits per heavy atom. The second-order valence-corrected chi connectivity index (χ2v) is 4.52. The van der Waals surface area contributed by atoms with E-state index in [0.717, 1.165) is 5.56 Å². The molecule has 0 N–H and O–H groups in total. The van der Waals surface area contributed by atoms with E-state index in [1.807, 2.05) is 12.1 Å². The molecule has 0 amide bonds. The van der Waals surface area contributed by atoms with Crippen molar-refractivity contribution in [3.8, 4) is 5.75 Å². The van der Waals surface area contributed by atoms with Crippen molar-refractivity contribution in [3.63, 3.8) is 0 Å². The fraction of sp³-hybridized carbons (Fsp3) is 0.364.